The Balaban J connectivity index is 0.00000104. The van der Waals surface area contributed by atoms with Gasteiger partial charge >= 0.3 is 0 Å². The van der Waals surface area contributed by atoms with Crippen LogP contribution in [0.25, 0.3) is 0 Å². The molecule has 0 saturated heterocycles. The molecule has 0 saturated carbocycles. The van der Waals surface area contributed by atoms with Crippen molar-refractivity contribution < 1.29 is 4.39 Å². The lowest BCUT2D eigenvalue weighted by Gasteiger charge is -2.13. The fourth-order valence-electron chi connectivity index (χ4n) is 2.24. The smallest absolute Gasteiger partial charge is 0.123 e. The molecule has 1 N–H and O–H groups in total. The highest BCUT2D eigenvalue weighted by Gasteiger charge is 2.03. The molecule has 1 aromatic carbocycles. The number of aryl methyl sites for hydroxylation is 1. The summed E-state index contributed by atoms with van der Waals surface area (Å²) in [6.07, 6.45) is 8.02. The molecule has 2 rings (SSSR count). The molecule has 0 fully saturated rings. The standard InChI is InChI=1S/C17H21FN2.C3H8.C2H6/c1-14(13-16-4-6-17(18)7-5-16)20-10-2-3-15-8-11-19-12-9-15;1-3-2;1-2/h4-9,11-12,14,20H,2-3,10,13H2,1H3;3H2,1-2H3;1-2H3. The number of pyridine rings is 1. The van der Waals surface area contributed by atoms with Gasteiger partial charge in [0.2, 0.25) is 0 Å². The second-order valence-corrected chi connectivity index (χ2v) is 5.85. The summed E-state index contributed by atoms with van der Waals surface area (Å²) in [5.41, 5.74) is 2.49. The summed E-state index contributed by atoms with van der Waals surface area (Å²) in [6, 6.07) is 11.3. The van der Waals surface area contributed by atoms with E-state index in [4.69, 9.17) is 0 Å². The summed E-state index contributed by atoms with van der Waals surface area (Å²) in [5.74, 6) is -0.174. The van der Waals surface area contributed by atoms with Crippen LogP contribution >= 0.6 is 0 Å². The van der Waals surface area contributed by atoms with Gasteiger partial charge in [-0.25, -0.2) is 4.39 Å². The van der Waals surface area contributed by atoms with E-state index in [0.717, 1.165) is 25.8 Å². The van der Waals surface area contributed by atoms with Crippen molar-refractivity contribution >= 4 is 0 Å². The third-order valence-electron chi connectivity index (χ3n) is 3.34. The summed E-state index contributed by atoms with van der Waals surface area (Å²) >= 11 is 0. The Bertz CT molecular complexity index is 511. The van der Waals surface area contributed by atoms with E-state index in [1.165, 1.54) is 29.7 Å². The molecule has 0 bridgehead atoms. The van der Waals surface area contributed by atoms with Crippen LogP contribution in [0.1, 0.15) is 58.6 Å². The second-order valence-electron chi connectivity index (χ2n) is 5.85. The predicted octanol–water partition coefficient (Wildman–Crippen LogP) is 5.82. The average molecular weight is 347 g/mol. The highest BCUT2D eigenvalue weighted by molar-refractivity contribution is 5.17. The van der Waals surface area contributed by atoms with Crippen LogP contribution in [0.5, 0.6) is 0 Å². The van der Waals surface area contributed by atoms with E-state index in [0.29, 0.717) is 6.04 Å². The van der Waals surface area contributed by atoms with Crippen LogP contribution in [-0.2, 0) is 12.8 Å². The Hall–Kier alpha value is -1.74. The zero-order chi connectivity index (χ0) is 18.9. The summed E-state index contributed by atoms with van der Waals surface area (Å²) < 4.78 is 12.8. The molecule has 2 aromatic rings. The van der Waals surface area contributed by atoms with Gasteiger partial charge in [-0.1, -0.05) is 46.2 Å². The van der Waals surface area contributed by atoms with Crippen molar-refractivity contribution in [1.29, 1.82) is 0 Å². The van der Waals surface area contributed by atoms with Crippen molar-refractivity contribution in [2.75, 3.05) is 6.54 Å². The van der Waals surface area contributed by atoms with Crippen molar-refractivity contribution in [2.24, 2.45) is 0 Å². The number of hydrogen-bond donors (Lipinski definition) is 1. The molecule has 0 aliphatic carbocycles. The normalized spacial score (nSPS) is 10.8. The van der Waals surface area contributed by atoms with Crippen LogP contribution in [0.15, 0.2) is 48.8 Å². The lowest BCUT2D eigenvalue weighted by molar-refractivity contribution is 0.533. The quantitative estimate of drug-likeness (QED) is 0.639. The lowest BCUT2D eigenvalue weighted by atomic mass is 10.1. The van der Waals surface area contributed by atoms with Gasteiger partial charge < -0.3 is 5.32 Å². The largest absolute Gasteiger partial charge is 0.314 e. The highest BCUT2D eigenvalue weighted by Crippen LogP contribution is 2.06. The van der Waals surface area contributed by atoms with Crippen molar-refractivity contribution in [1.82, 2.24) is 10.3 Å². The zero-order valence-corrected chi connectivity index (χ0v) is 16.6. The molecule has 3 heteroatoms. The summed E-state index contributed by atoms with van der Waals surface area (Å²) in [5, 5.41) is 3.51. The molecule has 0 aliphatic rings. The van der Waals surface area contributed by atoms with E-state index >= 15 is 0 Å². The van der Waals surface area contributed by atoms with Crippen LogP contribution in [0, 0.1) is 5.82 Å². The number of hydrogen-bond acceptors (Lipinski definition) is 2. The van der Waals surface area contributed by atoms with Crippen molar-refractivity contribution in [3.8, 4) is 0 Å². The van der Waals surface area contributed by atoms with E-state index in [9.17, 15) is 4.39 Å². The minimum atomic E-state index is -0.174. The summed E-state index contributed by atoms with van der Waals surface area (Å²) in [4.78, 5) is 4.01. The minimum Gasteiger partial charge on any atom is -0.314 e. The van der Waals surface area contributed by atoms with Crippen LogP contribution in [-0.4, -0.2) is 17.6 Å². The Kier molecular flexibility index (Phi) is 14.7. The molecule has 1 atom stereocenters. The molecule has 25 heavy (non-hydrogen) atoms. The number of aromatic nitrogens is 1. The number of nitrogens with one attached hydrogen (secondary N) is 1. The van der Waals surface area contributed by atoms with Crippen LogP contribution in [0.2, 0.25) is 0 Å². The molecule has 0 aliphatic heterocycles. The number of benzene rings is 1. The van der Waals surface area contributed by atoms with Gasteiger partial charge in [-0.15, -0.1) is 0 Å². The first-order valence-corrected chi connectivity index (χ1v) is 9.52. The average Bonchev–Trinajstić information content (AvgIpc) is 2.64. The van der Waals surface area contributed by atoms with Crippen LogP contribution in [0.4, 0.5) is 4.39 Å². The Morgan fingerprint density at radius 2 is 1.52 bits per heavy atom. The van der Waals surface area contributed by atoms with E-state index in [2.05, 4.69) is 43.2 Å². The lowest BCUT2D eigenvalue weighted by Crippen LogP contribution is -2.29. The van der Waals surface area contributed by atoms with Gasteiger partial charge in [0.1, 0.15) is 5.82 Å². The van der Waals surface area contributed by atoms with E-state index in [-0.39, 0.29) is 5.82 Å². The molecular weight excluding hydrogens is 311 g/mol. The fraction of sp³-hybridized carbons (Fsp3) is 0.500. The first-order valence-electron chi connectivity index (χ1n) is 9.52. The minimum absolute atomic E-state index is 0.174. The van der Waals surface area contributed by atoms with Crippen molar-refractivity contribution in [2.45, 2.75) is 66.3 Å². The van der Waals surface area contributed by atoms with Crippen molar-refractivity contribution in [3.05, 3.63) is 65.7 Å². The van der Waals surface area contributed by atoms with E-state index in [1.807, 2.05) is 38.4 Å². The van der Waals surface area contributed by atoms with Gasteiger partial charge in [-0.2, -0.15) is 0 Å². The summed E-state index contributed by atoms with van der Waals surface area (Å²) in [6.45, 7) is 11.4. The van der Waals surface area contributed by atoms with Gasteiger partial charge in [-0.05, 0) is 68.1 Å². The third kappa shape index (κ3) is 12.3. The van der Waals surface area contributed by atoms with Gasteiger partial charge in [0.05, 0.1) is 0 Å². The summed E-state index contributed by atoms with van der Waals surface area (Å²) in [7, 11) is 0. The van der Waals surface area contributed by atoms with Gasteiger partial charge in [-0.3, -0.25) is 4.98 Å². The maximum absolute atomic E-state index is 12.8. The molecular formula is C22H35FN2. The molecule has 1 aromatic heterocycles. The molecule has 0 amide bonds. The van der Waals surface area contributed by atoms with E-state index in [1.54, 1.807) is 0 Å². The molecule has 0 spiro atoms. The third-order valence-corrected chi connectivity index (χ3v) is 3.34. The SMILES string of the molecule is CC.CC(Cc1ccc(F)cc1)NCCCc1ccncc1.CCC. The topological polar surface area (TPSA) is 24.9 Å². The fourth-order valence-corrected chi connectivity index (χ4v) is 2.24. The second kappa shape index (κ2) is 15.8. The predicted molar refractivity (Wildman–Crippen MR) is 107 cm³/mol. The maximum atomic E-state index is 12.8. The highest BCUT2D eigenvalue weighted by atomic mass is 19.1. The van der Waals surface area contributed by atoms with Crippen LogP contribution in [0.3, 0.4) is 0 Å². The molecule has 0 radical (unpaired) electrons. The Morgan fingerprint density at radius 1 is 0.960 bits per heavy atom. The van der Waals surface area contributed by atoms with Gasteiger partial charge in [0.15, 0.2) is 0 Å². The number of rotatable bonds is 7. The monoisotopic (exact) mass is 346 g/mol. The molecule has 140 valence electrons. The number of nitrogens with zero attached hydrogens (tertiary/aromatic N) is 1. The van der Waals surface area contributed by atoms with Gasteiger partial charge in [0.25, 0.3) is 0 Å². The molecule has 2 nitrogen and oxygen atoms in total. The first kappa shape index (κ1) is 23.3. The maximum Gasteiger partial charge on any atom is 0.123 e. The van der Waals surface area contributed by atoms with E-state index < -0.39 is 0 Å². The van der Waals surface area contributed by atoms with Gasteiger partial charge in [0, 0.05) is 18.4 Å². The van der Waals surface area contributed by atoms with Crippen molar-refractivity contribution in [3.63, 3.8) is 0 Å². The molecule has 1 heterocycles. The molecule has 1 unspecified atom stereocenters. The Morgan fingerprint density at radius 3 is 2.08 bits per heavy atom. The zero-order valence-electron chi connectivity index (χ0n) is 16.6. The van der Waals surface area contributed by atoms with Crippen LogP contribution < -0.4 is 5.32 Å². The first-order chi connectivity index (χ1) is 12.2. The Labute approximate surface area is 153 Å². The number of halogens is 1.